The van der Waals surface area contributed by atoms with E-state index >= 15 is 0 Å². The Morgan fingerprint density at radius 3 is 2.49 bits per heavy atom. The number of fused-ring (bicyclic) bond motifs is 4. The maximum atomic E-state index is 14.4. The van der Waals surface area contributed by atoms with Gasteiger partial charge >= 0.3 is 11.9 Å². The van der Waals surface area contributed by atoms with Crippen molar-refractivity contribution in [3.63, 3.8) is 0 Å². The molecule has 3 amide bonds. The molecular formula is C39H48N4O8. The van der Waals surface area contributed by atoms with Crippen LogP contribution in [-0.2, 0) is 23.9 Å². The third-order valence-electron chi connectivity index (χ3n) is 10.6. The first kappa shape index (κ1) is 36.1. The average molecular weight is 701 g/mol. The lowest BCUT2D eigenvalue weighted by Gasteiger charge is -2.32. The number of benzene rings is 1. The largest absolute Gasteiger partial charge is 0.497 e. The van der Waals surface area contributed by atoms with Gasteiger partial charge in [-0.1, -0.05) is 31.1 Å². The molecule has 1 aromatic carbocycles. The van der Waals surface area contributed by atoms with Gasteiger partial charge in [-0.3, -0.25) is 19.2 Å². The van der Waals surface area contributed by atoms with E-state index in [0.717, 1.165) is 31.2 Å². The van der Waals surface area contributed by atoms with Crippen molar-refractivity contribution in [1.82, 2.24) is 20.1 Å². The van der Waals surface area contributed by atoms with Crippen LogP contribution < -0.4 is 10.1 Å². The van der Waals surface area contributed by atoms with Crippen molar-refractivity contribution < 1.29 is 38.6 Å². The summed E-state index contributed by atoms with van der Waals surface area (Å²) in [6, 6.07) is 11.7. The molecule has 4 heterocycles. The number of nitrogens with one attached hydrogen (secondary N) is 1. The summed E-state index contributed by atoms with van der Waals surface area (Å²) in [7, 11) is 1.59. The third-order valence-corrected chi connectivity index (χ3v) is 10.6. The lowest BCUT2D eigenvalue weighted by molar-refractivity contribution is -0.159. The third kappa shape index (κ3) is 7.79. The van der Waals surface area contributed by atoms with Gasteiger partial charge < -0.3 is 29.7 Å². The summed E-state index contributed by atoms with van der Waals surface area (Å²) in [5.74, 6) is -3.73. The molecule has 0 radical (unpaired) electrons. The molecule has 3 fully saturated rings. The molecule has 6 rings (SSSR count). The molecular weight excluding hydrogens is 652 g/mol. The van der Waals surface area contributed by atoms with Crippen molar-refractivity contribution in [2.24, 2.45) is 23.7 Å². The number of carbonyl (C=O) groups is 5. The average Bonchev–Trinajstić information content (AvgIpc) is 3.44. The molecule has 1 aliphatic carbocycles. The summed E-state index contributed by atoms with van der Waals surface area (Å²) < 4.78 is 10.8. The van der Waals surface area contributed by atoms with Crippen molar-refractivity contribution in [2.45, 2.75) is 82.9 Å². The first-order valence-corrected chi connectivity index (χ1v) is 17.9. The van der Waals surface area contributed by atoms with Gasteiger partial charge in [-0.2, -0.15) is 0 Å². The summed E-state index contributed by atoms with van der Waals surface area (Å²) in [5, 5.41) is 13.1. The summed E-state index contributed by atoms with van der Waals surface area (Å²) in [5.41, 5.74) is -0.450. The fourth-order valence-corrected chi connectivity index (χ4v) is 7.89. The molecule has 1 aromatic heterocycles. The standard InChI is InChI=1S/C39H48N4O8/c1-38(2,3)51-32(44)19-25-11-8-6-5-7-9-12-27-20-39(27,37(48)49)41-34(45)33-29-23-42(21-26(29)22-43(33)35(25)46)36(47)31-14-10-13-30(40-31)24-15-17-28(50-4)18-16-24/h9-10,12-18,25-27,29,33H,5-8,11,19-23H2,1-4H3,(H,41,45)(H,48,49)/b12-9-/t25-,26-,27+,29-,33-,39+/m0/s1. The second kappa shape index (κ2) is 14.5. The van der Waals surface area contributed by atoms with Crippen LogP contribution >= 0.6 is 0 Å². The second-order valence-electron chi connectivity index (χ2n) is 15.3. The number of nitrogens with zero attached hydrogens (tertiary/aromatic N) is 3. The van der Waals surface area contributed by atoms with Crippen LogP contribution in [-0.4, -0.2) is 93.5 Å². The lowest BCUT2D eigenvalue weighted by atomic mass is 9.92. The number of carboxylic acids is 1. The van der Waals surface area contributed by atoms with Gasteiger partial charge in [0.2, 0.25) is 11.8 Å². The molecule has 1 saturated carbocycles. The molecule has 12 heteroatoms. The smallest absolute Gasteiger partial charge is 0.330 e. The van der Waals surface area contributed by atoms with Crippen molar-refractivity contribution in [1.29, 1.82) is 0 Å². The predicted octanol–water partition coefficient (Wildman–Crippen LogP) is 4.48. The highest BCUT2D eigenvalue weighted by molar-refractivity contribution is 5.97. The van der Waals surface area contributed by atoms with Gasteiger partial charge in [0, 0.05) is 48.9 Å². The van der Waals surface area contributed by atoms with Crippen LogP contribution in [0.2, 0.25) is 0 Å². The zero-order valence-electron chi connectivity index (χ0n) is 29.8. The minimum atomic E-state index is -1.45. The van der Waals surface area contributed by atoms with Crippen LogP contribution in [0.15, 0.2) is 54.6 Å². The van der Waals surface area contributed by atoms with Crippen LogP contribution in [0.4, 0.5) is 0 Å². The Morgan fingerprint density at radius 2 is 1.78 bits per heavy atom. The highest BCUT2D eigenvalue weighted by atomic mass is 16.6. The van der Waals surface area contributed by atoms with E-state index in [-0.39, 0.29) is 55.3 Å². The number of esters is 1. The molecule has 0 unspecified atom stereocenters. The molecule has 2 N–H and O–H groups in total. The number of likely N-dealkylation sites (tertiary alicyclic amines) is 1. The van der Waals surface area contributed by atoms with E-state index < -0.39 is 46.9 Å². The van der Waals surface area contributed by atoms with Gasteiger partial charge in [0.05, 0.1) is 19.2 Å². The summed E-state index contributed by atoms with van der Waals surface area (Å²) >= 11 is 0. The molecule has 12 nitrogen and oxygen atoms in total. The number of aliphatic carboxylic acids is 1. The number of hydrogen-bond acceptors (Lipinski definition) is 8. The highest BCUT2D eigenvalue weighted by Crippen LogP contribution is 2.46. The molecule has 51 heavy (non-hydrogen) atoms. The fraction of sp³-hybridized carbons (Fsp3) is 0.538. The van der Waals surface area contributed by atoms with Crippen LogP contribution in [0.25, 0.3) is 11.3 Å². The maximum Gasteiger partial charge on any atom is 0.330 e. The minimum Gasteiger partial charge on any atom is -0.497 e. The SMILES string of the molecule is COc1ccc(-c2cccc(C(=O)N3C[C@H]4CN5C(=O)[C@H](CC(=O)OC(C)(C)C)CCCCC/C=C\[C@@H]6C[C@@]6(C(=O)O)NC(=O)[C@@H]5[C@H]4C3)n2)cc1. The number of pyridine rings is 1. The monoisotopic (exact) mass is 700 g/mol. The topological polar surface area (TPSA) is 155 Å². The zero-order chi connectivity index (χ0) is 36.5. The molecule has 6 atom stereocenters. The number of methoxy groups -OCH3 is 1. The van der Waals surface area contributed by atoms with Crippen molar-refractivity contribution in [2.75, 3.05) is 26.7 Å². The number of carboxylic acid groups (broad SMARTS) is 1. The number of aromatic nitrogens is 1. The van der Waals surface area contributed by atoms with Gasteiger partial charge in [-0.15, -0.1) is 0 Å². The first-order chi connectivity index (χ1) is 24.3. The first-order valence-electron chi connectivity index (χ1n) is 17.9. The number of amides is 3. The van der Waals surface area contributed by atoms with Gasteiger partial charge in [-0.25, -0.2) is 9.78 Å². The molecule has 272 valence electrons. The number of ether oxygens (including phenoxy) is 2. The molecule has 4 aliphatic rings. The predicted molar refractivity (Wildman–Crippen MR) is 187 cm³/mol. The van der Waals surface area contributed by atoms with Crippen LogP contribution in [0, 0.1) is 23.7 Å². The van der Waals surface area contributed by atoms with Crippen molar-refractivity contribution in [3.8, 4) is 17.0 Å². The maximum absolute atomic E-state index is 14.4. The summed E-state index contributed by atoms with van der Waals surface area (Å²) in [6.45, 7) is 6.04. The quantitative estimate of drug-likeness (QED) is 0.328. The van der Waals surface area contributed by atoms with Crippen molar-refractivity contribution in [3.05, 3.63) is 60.3 Å². The highest BCUT2D eigenvalue weighted by Gasteiger charge is 2.62. The number of hydrogen-bond donors (Lipinski definition) is 2. The summed E-state index contributed by atoms with van der Waals surface area (Å²) in [6.07, 6.45) is 7.64. The van der Waals surface area contributed by atoms with E-state index in [1.165, 1.54) is 0 Å². The van der Waals surface area contributed by atoms with Crippen LogP contribution in [0.5, 0.6) is 5.75 Å². The van der Waals surface area contributed by atoms with E-state index in [4.69, 9.17) is 9.47 Å². The van der Waals surface area contributed by atoms with Gasteiger partial charge in [0.15, 0.2) is 0 Å². The Bertz CT molecular complexity index is 1700. The molecule has 0 spiro atoms. The Balaban J connectivity index is 1.26. The van der Waals surface area contributed by atoms with E-state index in [9.17, 15) is 29.1 Å². The Morgan fingerprint density at radius 1 is 1.02 bits per heavy atom. The molecule has 0 bridgehead atoms. The molecule has 3 aliphatic heterocycles. The van der Waals surface area contributed by atoms with Crippen molar-refractivity contribution >= 4 is 29.7 Å². The number of rotatable bonds is 6. The van der Waals surface area contributed by atoms with Crippen LogP contribution in [0.3, 0.4) is 0 Å². The van der Waals surface area contributed by atoms with Gasteiger partial charge in [0.1, 0.15) is 28.6 Å². The van der Waals surface area contributed by atoms with Crippen LogP contribution in [0.1, 0.15) is 76.2 Å². The summed E-state index contributed by atoms with van der Waals surface area (Å²) in [4.78, 5) is 76.0. The van der Waals surface area contributed by atoms with Gasteiger partial charge in [-0.05, 0) is 82.9 Å². The molecule has 2 aromatic rings. The number of allylic oxidation sites excluding steroid dienone is 1. The van der Waals surface area contributed by atoms with E-state index in [2.05, 4.69) is 10.3 Å². The second-order valence-corrected chi connectivity index (χ2v) is 15.3. The normalized spacial score (nSPS) is 28.7. The fourth-order valence-electron chi connectivity index (χ4n) is 7.89. The lowest BCUT2D eigenvalue weighted by Crippen LogP contribution is -2.56. The Hall–Kier alpha value is -4.74. The van der Waals surface area contributed by atoms with E-state index in [1.54, 1.807) is 49.8 Å². The van der Waals surface area contributed by atoms with Gasteiger partial charge in [0.25, 0.3) is 5.91 Å². The van der Waals surface area contributed by atoms with E-state index in [0.29, 0.717) is 24.4 Å². The van der Waals surface area contributed by atoms with E-state index in [1.807, 2.05) is 42.5 Å². The Kier molecular flexibility index (Phi) is 10.2. The zero-order valence-corrected chi connectivity index (χ0v) is 29.8. The Labute approximate surface area is 298 Å². The molecule has 2 saturated heterocycles. The minimum absolute atomic E-state index is 0.113. The number of carbonyl (C=O) groups excluding carboxylic acids is 4.